The minimum Gasteiger partial charge on any atom is -0.508 e. The summed E-state index contributed by atoms with van der Waals surface area (Å²) in [6, 6.07) is 3.37. The van der Waals surface area contributed by atoms with E-state index in [1.165, 1.54) is 18.2 Å². The number of aromatic hydroxyl groups is 1. The molecule has 3 rings (SSSR count). The Labute approximate surface area is 228 Å². The number of nitrogens with one attached hydrogen (secondary N) is 2. The van der Waals surface area contributed by atoms with Crippen molar-refractivity contribution in [1.82, 2.24) is 30.2 Å². The van der Waals surface area contributed by atoms with E-state index in [1.54, 1.807) is 40.8 Å². The van der Waals surface area contributed by atoms with Gasteiger partial charge < -0.3 is 30.3 Å². The fraction of sp³-hybridized carbons (Fsp3) is 0.519. The zero-order valence-corrected chi connectivity index (χ0v) is 23.0. The van der Waals surface area contributed by atoms with Crippen LogP contribution in [0.4, 0.5) is 0 Å². The van der Waals surface area contributed by atoms with Crippen LogP contribution in [0.1, 0.15) is 66.8 Å². The number of carbonyl (C=O) groups is 4. The summed E-state index contributed by atoms with van der Waals surface area (Å²) >= 11 is 0. The summed E-state index contributed by atoms with van der Waals surface area (Å²) in [4.78, 5) is 54.3. The molecule has 2 aromatic rings. The number of rotatable bonds is 2. The molecule has 12 heteroatoms. The molecule has 1 aliphatic rings. The monoisotopic (exact) mass is 542 g/mol. The highest BCUT2D eigenvalue weighted by molar-refractivity contribution is 5.95. The molecule has 3 N–H and O–H groups in total. The highest BCUT2D eigenvalue weighted by atomic mass is 16.5. The van der Waals surface area contributed by atoms with E-state index in [2.05, 4.69) is 15.7 Å². The van der Waals surface area contributed by atoms with E-state index in [1.807, 2.05) is 13.8 Å². The second kappa shape index (κ2) is 13.6. The van der Waals surface area contributed by atoms with Crippen LogP contribution in [-0.2, 0) is 9.59 Å². The van der Waals surface area contributed by atoms with E-state index >= 15 is 0 Å². The van der Waals surface area contributed by atoms with Crippen LogP contribution in [0.15, 0.2) is 30.6 Å². The third-order valence-electron chi connectivity index (χ3n) is 6.37. The Morgan fingerprint density at radius 1 is 1.10 bits per heavy atom. The van der Waals surface area contributed by atoms with Gasteiger partial charge in [0.1, 0.15) is 17.5 Å². The van der Waals surface area contributed by atoms with Gasteiger partial charge in [-0.1, -0.05) is 0 Å². The summed E-state index contributed by atoms with van der Waals surface area (Å²) < 4.78 is 7.18. The molecule has 0 fully saturated rings. The number of benzene rings is 1. The van der Waals surface area contributed by atoms with Crippen molar-refractivity contribution >= 4 is 23.6 Å². The third kappa shape index (κ3) is 8.45. The van der Waals surface area contributed by atoms with Crippen LogP contribution < -0.4 is 15.4 Å². The Balaban J connectivity index is 1.76. The van der Waals surface area contributed by atoms with Gasteiger partial charge in [0.05, 0.1) is 11.8 Å². The van der Waals surface area contributed by atoms with Gasteiger partial charge in [0.15, 0.2) is 6.61 Å². The number of amides is 4. The molecule has 0 aliphatic carbocycles. The number of aromatic nitrogens is 2. The minimum absolute atomic E-state index is 0.124. The number of carbonyl (C=O) groups excluding carboxylic acids is 4. The number of hydrogen-bond acceptors (Lipinski definition) is 7. The molecule has 1 atom stereocenters. The van der Waals surface area contributed by atoms with E-state index in [9.17, 15) is 24.3 Å². The Morgan fingerprint density at radius 3 is 2.54 bits per heavy atom. The molecule has 212 valence electrons. The van der Waals surface area contributed by atoms with Crippen LogP contribution in [0.25, 0.3) is 0 Å². The first-order valence-corrected chi connectivity index (χ1v) is 13.2. The lowest BCUT2D eigenvalue weighted by atomic mass is 10.2. The summed E-state index contributed by atoms with van der Waals surface area (Å²) in [7, 11) is 1.67. The molecular formula is C27H38N6O6. The van der Waals surface area contributed by atoms with Gasteiger partial charge in [-0.05, 0) is 52.2 Å². The maximum Gasteiger partial charge on any atom is 0.258 e. The number of likely N-dealkylation sites (N-methyl/N-ethyl adjacent to an activating group) is 1. The lowest BCUT2D eigenvalue weighted by Crippen LogP contribution is -2.47. The van der Waals surface area contributed by atoms with Crippen LogP contribution in [-0.4, -0.2) is 94.2 Å². The number of phenols is 1. The van der Waals surface area contributed by atoms with Gasteiger partial charge >= 0.3 is 0 Å². The molecule has 12 nitrogen and oxygen atoms in total. The first-order chi connectivity index (χ1) is 18.5. The Bertz CT molecular complexity index is 1180. The van der Waals surface area contributed by atoms with Crippen molar-refractivity contribution < 1.29 is 29.0 Å². The van der Waals surface area contributed by atoms with Crippen molar-refractivity contribution in [1.29, 1.82) is 0 Å². The second-order valence-corrected chi connectivity index (χ2v) is 9.96. The Morgan fingerprint density at radius 2 is 1.82 bits per heavy atom. The van der Waals surface area contributed by atoms with Gasteiger partial charge in [0.25, 0.3) is 17.7 Å². The molecular weight excluding hydrogens is 504 g/mol. The van der Waals surface area contributed by atoms with E-state index < -0.39 is 17.9 Å². The van der Waals surface area contributed by atoms with Crippen molar-refractivity contribution in [2.24, 2.45) is 0 Å². The number of hydrogen-bond donors (Lipinski definition) is 3. The van der Waals surface area contributed by atoms with E-state index in [0.717, 1.165) is 0 Å². The lowest BCUT2D eigenvalue weighted by Gasteiger charge is -2.24. The average molecular weight is 543 g/mol. The molecule has 39 heavy (non-hydrogen) atoms. The van der Waals surface area contributed by atoms with Crippen LogP contribution in [0, 0.1) is 0 Å². The molecule has 4 amide bonds. The highest BCUT2D eigenvalue weighted by Crippen LogP contribution is 2.22. The molecule has 0 spiro atoms. The molecule has 1 aliphatic heterocycles. The first-order valence-electron chi connectivity index (χ1n) is 13.2. The fourth-order valence-corrected chi connectivity index (χ4v) is 4.19. The van der Waals surface area contributed by atoms with Gasteiger partial charge in [-0.3, -0.25) is 23.9 Å². The summed E-state index contributed by atoms with van der Waals surface area (Å²) in [6.07, 6.45) is 5.12. The topological polar surface area (TPSA) is 146 Å². The summed E-state index contributed by atoms with van der Waals surface area (Å²) in [5.74, 6) is -1.38. The van der Waals surface area contributed by atoms with E-state index in [-0.39, 0.29) is 41.5 Å². The Hall–Kier alpha value is -4.09. The number of fused-ring (bicyclic) bond motifs is 2. The molecule has 2 heterocycles. The number of phenolic OH excluding ortho intramolecular Hbond substituents is 1. The van der Waals surface area contributed by atoms with Gasteiger partial charge in [-0.2, -0.15) is 5.10 Å². The summed E-state index contributed by atoms with van der Waals surface area (Å²) in [5, 5.41) is 19.7. The van der Waals surface area contributed by atoms with Crippen molar-refractivity contribution in [3.63, 3.8) is 0 Å². The predicted octanol–water partition coefficient (Wildman–Crippen LogP) is 1.57. The molecule has 2 bridgehead atoms. The third-order valence-corrected chi connectivity index (χ3v) is 6.37. The zero-order valence-electron chi connectivity index (χ0n) is 23.0. The molecule has 0 radical (unpaired) electrons. The standard InChI is InChI=1S/C27H38N6O6/c1-18(2)33-16-21(15-29-33)27(38)32-10-6-5-9-31(4)26(37)19(3)30-24(35)17-39-23-13-20(12-22(34)14-23)25(36)28-8-7-11-32/h12-16,18-19,34H,5-11,17H2,1-4H3,(H,28,36)(H,30,35)/t19-/m0/s1. The maximum atomic E-state index is 13.3. The van der Waals surface area contributed by atoms with Crippen molar-refractivity contribution in [3.05, 3.63) is 41.7 Å². The van der Waals surface area contributed by atoms with Crippen molar-refractivity contribution in [2.75, 3.05) is 39.8 Å². The second-order valence-electron chi connectivity index (χ2n) is 9.96. The molecule has 0 unspecified atom stereocenters. The Kier molecular flexibility index (Phi) is 10.3. The van der Waals surface area contributed by atoms with Gasteiger partial charge in [0, 0.05) is 57.1 Å². The highest BCUT2D eigenvalue weighted by Gasteiger charge is 2.21. The van der Waals surface area contributed by atoms with Crippen LogP contribution in [0.2, 0.25) is 0 Å². The smallest absolute Gasteiger partial charge is 0.258 e. The predicted molar refractivity (Wildman–Crippen MR) is 144 cm³/mol. The average Bonchev–Trinajstić information content (AvgIpc) is 3.40. The maximum absolute atomic E-state index is 13.3. The van der Waals surface area contributed by atoms with E-state index in [0.29, 0.717) is 51.0 Å². The number of ether oxygens (including phenoxy) is 1. The molecule has 1 aromatic heterocycles. The first kappa shape index (κ1) is 29.5. The van der Waals surface area contributed by atoms with Gasteiger partial charge in [-0.25, -0.2) is 0 Å². The minimum atomic E-state index is -0.766. The SMILES string of the molecule is CC(C)n1cc(C(=O)N2CCCCN(C)C(=O)[C@H](C)NC(=O)COc3cc(O)cc(c3)C(=O)NCCC2)cn1. The zero-order chi connectivity index (χ0) is 28.5. The van der Waals surface area contributed by atoms with Crippen molar-refractivity contribution in [3.8, 4) is 11.5 Å². The van der Waals surface area contributed by atoms with Crippen molar-refractivity contribution in [2.45, 2.75) is 52.1 Å². The van der Waals surface area contributed by atoms with Crippen LogP contribution in [0.5, 0.6) is 11.5 Å². The number of nitrogens with zero attached hydrogens (tertiary/aromatic N) is 4. The van der Waals surface area contributed by atoms with E-state index in [4.69, 9.17) is 4.74 Å². The van der Waals surface area contributed by atoms with Gasteiger partial charge in [0.2, 0.25) is 5.91 Å². The lowest BCUT2D eigenvalue weighted by molar-refractivity contribution is -0.135. The van der Waals surface area contributed by atoms with Crippen LogP contribution in [0.3, 0.4) is 0 Å². The summed E-state index contributed by atoms with van der Waals surface area (Å²) in [5.41, 5.74) is 0.658. The fourth-order valence-electron chi connectivity index (χ4n) is 4.19. The molecule has 1 aromatic carbocycles. The quantitative estimate of drug-likeness (QED) is 0.522. The summed E-state index contributed by atoms with van der Waals surface area (Å²) in [6.45, 7) is 6.83. The normalized spacial score (nSPS) is 18.8. The molecule has 0 saturated heterocycles. The molecule has 0 saturated carbocycles. The largest absolute Gasteiger partial charge is 0.508 e. The van der Waals surface area contributed by atoms with Crippen LogP contribution >= 0.6 is 0 Å². The van der Waals surface area contributed by atoms with Gasteiger partial charge in [-0.15, -0.1) is 0 Å².